The third-order valence-electron chi connectivity index (χ3n) is 9.93. The molecule has 0 aliphatic carbocycles. The zero-order valence-electron chi connectivity index (χ0n) is 27.6. The van der Waals surface area contributed by atoms with Crippen LogP contribution in [0.5, 0.6) is 0 Å². The van der Waals surface area contributed by atoms with Gasteiger partial charge in [0.15, 0.2) is 23.1 Å². The molecule has 0 amide bonds. The van der Waals surface area contributed by atoms with Gasteiger partial charge in [0, 0.05) is 38.2 Å². The van der Waals surface area contributed by atoms with Crippen LogP contribution in [0, 0.1) is 0 Å². The van der Waals surface area contributed by atoms with Crippen molar-refractivity contribution >= 4 is 65.4 Å². The number of furan rings is 1. The van der Waals surface area contributed by atoms with Gasteiger partial charge in [-0.25, -0.2) is 19.9 Å². The SMILES string of the molecule is c1ccc(-c2nc(-c3ccc4ccc5ccc6ccc7nc(-c8ccccc8)oc7c6c5c4c3)nc(-c3cccc4c3oc3ccccc34)n2)cc1. The first-order valence-corrected chi connectivity index (χ1v) is 17.2. The minimum Gasteiger partial charge on any atom is -0.455 e. The highest BCUT2D eigenvalue weighted by molar-refractivity contribution is 6.26. The predicted molar refractivity (Wildman–Crippen MR) is 209 cm³/mol. The zero-order chi connectivity index (χ0) is 34.2. The summed E-state index contributed by atoms with van der Waals surface area (Å²) in [7, 11) is 0. The summed E-state index contributed by atoms with van der Waals surface area (Å²) in [5, 5.41) is 8.59. The van der Waals surface area contributed by atoms with Crippen LogP contribution < -0.4 is 0 Å². The Morgan fingerprint density at radius 3 is 1.83 bits per heavy atom. The van der Waals surface area contributed by atoms with Gasteiger partial charge < -0.3 is 8.83 Å². The maximum atomic E-state index is 6.57. The Kier molecular flexibility index (Phi) is 6.15. The van der Waals surface area contributed by atoms with Crippen molar-refractivity contribution in [2.24, 2.45) is 0 Å². The Labute approximate surface area is 296 Å². The van der Waals surface area contributed by atoms with Gasteiger partial charge in [-0.1, -0.05) is 121 Å². The molecule has 6 heteroatoms. The number of fused-ring (bicyclic) bond motifs is 10. The summed E-state index contributed by atoms with van der Waals surface area (Å²) in [6.45, 7) is 0. The Bertz CT molecular complexity index is 3180. The zero-order valence-corrected chi connectivity index (χ0v) is 27.6. The van der Waals surface area contributed by atoms with Crippen molar-refractivity contribution in [1.82, 2.24) is 19.9 Å². The van der Waals surface area contributed by atoms with Crippen LogP contribution in [0.2, 0.25) is 0 Å². The third-order valence-corrected chi connectivity index (χ3v) is 9.93. The Morgan fingerprint density at radius 2 is 1.00 bits per heavy atom. The summed E-state index contributed by atoms with van der Waals surface area (Å²) in [6.07, 6.45) is 0. The highest BCUT2D eigenvalue weighted by atomic mass is 16.3. The van der Waals surface area contributed by atoms with Crippen molar-refractivity contribution in [3.8, 4) is 45.6 Å². The fraction of sp³-hybridized carbons (Fsp3) is 0. The van der Waals surface area contributed by atoms with Crippen molar-refractivity contribution in [3.63, 3.8) is 0 Å². The first-order chi connectivity index (χ1) is 25.7. The highest BCUT2D eigenvalue weighted by Crippen LogP contribution is 2.40. The van der Waals surface area contributed by atoms with Gasteiger partial charge in [-0.2, -0.15) is 0 Å². The van der Waals surface area contributed by atoms with Crippen LogP contribution in [0.4, 0.5) is 0 Å². The number of benzene rings is 8. The second-order valence-electron chi connectivity index (χ2n) is 13.0. The van der Waals surface area contributed by atoms with E-state index >= 15 is 0 Å². The molecule has 8 aromatic carbocycles. The third kappa shape index (κ3) is 4.44. The van der Waals surface area contributed by atoms with Gasteiger partial charge in [0.1, 0.15) is 16.7 Å². The molecule has 0 aliphatic rings. The fourth-order valence-electron chi connectivity index (χ4n) is 7.45. The molecule has 0 saturated carbocycles. The van der Waals surface area contributed by atoms with E-state index in [0.717, 1.165) is 87.6 Å². The van der Waals surface area contributed by atoms with Crippen LogP contribution in [0.15, 0.2) is 167 Å². The lowest BCUT2D eigenvalue weighted by Crippen LogP contribution is -2.00. The topological polar surface area (TPSA) is 77.8 Å². The van der Waals surface area contributed by atoms with Crippen molar-refractivity contribution in [2.75, 3.05) is 0 Å². The van der Waals surface area contributed by atoms with Gasteiger partial charge in [-0.05, 0) is 57.9 Å². The highest BCUT2D eigenvalue weighted by Gasteiger charge is 2.19. The molecule has 0 saturated heterocycles. The first-order valence-electron chi connectivity index (χ1n) is 17.2. The van der Waals surface area contributed by atoms with Crippen LogP contribution in [0.3, 0.4) is 0 Å². The molecule has 0 bridgehead atoms. The smallest absolute Gasteiger partial charge is 0.227 e. The number of oxazole rings is 1. The molecule has 3 heterocycles. The van der Waals surface area contributed by atoms with E-state index in [2.05, 4.69) is 60.7 Å². The molecule has 0 unspecified atom stereocenters. The molecule has 0 spiro atoms. The molecule has 0 N–H and O–H groups in total. The quantitative estimate of drug-likeness (QED) is 0.174. The van der Waals surface area contributed by atoms with Crippen molar-refractivity contribution in [1.29, 1.82) is 0 Å². The number of hydrogen-bond acceptors (Lipinski definition) is 6. The number of rotatable bonds is 4. The van der Waals surface area contributed by atoms with E-state index < -0.39 is 0 Å². The number of hydrogen-bond donors (Lipinski definition) is 0. The Balaban J connectivity index is 1.17. The Morgan fingerprint density at radius 1 is 0.365 bits per heavy atom. The van der Waals surface area contributed by atoms with Crippen molar-refractivity contribution in [3.05, 3.63) is 158 Å². The number of nitrogens with zero attached hydrogens (tertiary/aromatic N) is 4. The average Bonchev–Trinajstić information content (AvgIpc) is 3.83. The van der Waals surface area contributed by atoms with Crippen molar-refractivity contribution < 1.29 is 8.83 Å². The van der Waals surface area contributed by atoms with Crippen molar-refractivity contribution in [2.45, 2.75) is 0 Å². The molecule has 0 fully saturated rings. The summed E-state index contributed by atoms with van der Waals surface area (Å²) in [5.41, 5.74) is 6.71. The summed E-state index contributed by atoms with van der Waals surface area (Å²) in [5.74, 6) is 2.32. The van der Waals surface area contributed by atoms with Gasteiger partial charge in [0.25, 0.3) is 0 Å². The van der Waals surface area contributed by atoms with Crippen LogP contribution in [0.25, 0.3) is 111 Å². The molecule has 242 valence electrons. The van der Waals surface area contributed by atoms with E-state index in [0.29, 0.717) is 23.4 Å². The predicted octanol–water partition coefficient (Wildman–Crippen LogP) is 12.0. The molecule has 0 atom stereocenters. The summed E-state index contributed by atoms with van der Waals surface area (Å²) < 4.78 is 13.0. The normalized spacial score (nSPS) is 11.8. The van der Waals surface area contributed by atoms with E-state index in [1.54, 1.807) is 0 Å². The minimum absolute atomic E-state index is 0.550. The van der Waals surface area contributed by atoms with Gasteiger partial charge in [0.2, 0.25) is 5.89 Å². The molecule has 6 nitrogen and oxygen atoms in total. The van der Waals surface area contributed by atoms with E-state index in [9.17, 15) is 0 Å². The first kappa shape index (κ1) is 28.6. The summed E-state index contributed by atoms with van der Waals surface area (Å²) in [4.78, 5) is 20.2. The average molecular weight is 667 g/mol. The largest absolute Gasteiger partial charge is 0.455 e. The Hall–Kier alpha value is -7.18. The molecular weight excluding hydrogens is 641 g/mol. The standard InChI is InChI=1S/C46H26N4O2/c1-3-10-30(11-4-1)43-48-44(50-45(49-43)35-16-9-15-34-33-14-7-8-17-38(33)51-41(34)35)32-23-19-27-18-20-28-21-22-29-24-25-37-42(40(29)39(28)36(27)26-32)52-46(47-37)31-12-5-2-6-13-31/h1-26H. The van der Waals surface area contributed by atoms with E-state index in [4.69, 9.17) is 28.8 Å². The number of para-hydroxylation sites is 2. The summed E-state index contributed by atoms with van der Waals surface area (Å²) >= 11 is 0. The fourth-order valence-corrected chi connectivity index (χ4v) is 7.45. The molecule has 52 heavy (non-hydrogen) atoms. The molecule has 11 aromatic rings. The molecular formula is C46H26N4O2. The van der Waals surface area contributed by atoms with Crippen LogP contribution in [-0.2, 0) is 0 Å². The maximum Gasteiger partial charge on any atom is 0.227 e. The van der Waals surface area contributed by atoms with Gasteiger partial charge >= 0.3 is 0 Å². The molecule has 0 radical (unpaired) electrons. The molecule has 11 rings (SSSR count). The van der Waals surface area contributed by atoms with Crippen LogP contribution in [0.1, 0.15) is 0 Å². The molecule has 3 aromatic heterocycles. The summed E-state index contributed by atoms with van der Waals surface area (Å²) in [6, 6.07) is 53.6. The van der Waals surface area contributed by atoms with Crippen LogP contribution >= 0.6 is 0 Å². The minimum atomic E-state index is 0.550. The van der Waals surface area contributed by atoms with Gasteiger partial charge in [-0.3, -0.25) is 0 Å². The maximum absolute atomic E-state index is 6.57. The monoisotopic (exact) mass is 666 g/mol. The van der Waals surface area contributed by atoms with E-state index in [1.807, 2.05) is 97.1 Å². The van der Waals surface area contributed by atoms with Crippen LogP contribution in [-0.4, -0.2) is 19.9 Å². The van der Waals surface area contributed by atoms with Gasteiger partial charge in [0.05, 0.1) is 5.56 Å². The second kappa shape index (κ2) is 11.2. The lowest BCUT2D eigenvalue weighted by Gasteiger charge is -2.11. The lowest BCUT2D eigenvalue weighted by molar-refractivity contribution is 0.623. The second-order valence-corrected chi connectivity index (χ2v) is 13.0. The van der Waals surface area contributed by atoms with E-state index in [1.165, 1.54) is 0 Å². The lowest BCUT2D eigenvalue weighted by atomic mass is 9.94. The van der Waals surface area contributed by atoms with E-state index in [-0.39, 0.29) is 0 Å². The number of aromatic nitrogens is 4. The molecule has 0 aliphatic heterocycles. The van der Waals surface area contributed by atoms with Gasteiger partial charge in [-0.15, -0.1) is 0 Å².